The van der Waals surface area contributed by atoms with Crippen molar-refractivity contribution in [3.63, 3.8) is 0 Å². The van der Waals surface area contributed by atoms with Gasteiger partial charge in [0.05, 0.1) is 12.6 Å². The van der Waals surface area contributed by atoms with Crippen molar-refractivity contribution in [2.45, 2.75) is 13.0 Å². The van der Waals surface area contributed by atoms with Gasteiger partial charge in [-0.15, -0.1) is 0 Å². The van der Waals surface area contributed by atoms with Crippen LogP contribution in [0.5, 0.6) is 0 Å². The Balaban J connectivity index is 2.02. The van der Waals surface area contributed by atoms with Gasteiger partial charge in [-0.2, -0.15) is 0 Å². The summed E-state index contributed by atoms with van der Waals surface area (Å²) in [6, 6.07) is 9.64. The van der Waals surface area contributed by atoms with Gasteiger partial charge in [0.2, 0.25) is 0 Å². The zero-order valence-corrected chi connectivity index (χ0v) is 12.1. The summed E-state index contributed by atoms with van der Waals surface area (Å²) >= 11 is 0. The van der Waals surface area contributed by atoms with E-state index in [1.54, 1.807) is 30.7 Å². The fourth-order valence-electron chi connectivity index (χ4n) is 2.40. The smallest absolute Gasteiger partial charge is 0.159 e. The number of aryl methyl sites for hydroxylation is 1. The van der Waals surface area contributed by atoms with Crippen LogP contribution in [0, 0.1) is 12.7 Å². The summed E-state index contributed by atoms with van der Waals surface area (Å²) in [6.45, 7) is 1.86. The highest BCUT2D eigenvalue weighted by Gasteiger charge is 2.17. The predicted molar refractivity (Wildman–Crippen MR) is 81.8 cm³/mol. The molecule has 0 aliphatic rings. The van der Waals surface area contributed by atoms with Crippen molar-refractivity contribution in [2.24, 2.45) is 0 Å². The quantitative estimate of drug-likeness (QED) is 0.805. The molecular weight excluding hydrogens is 281 g/mol. The highest BCUT2D eigenvalue weighted by atomic mass is 19.1. The fraction of sp³-hybridized carbons (Fsp3) is 0.176. The maximum atomic E-state index is 13.1. The summed E-state index contributed by atoms with van der Waals surface area (Å²) in [6.07, 6.45) is 5.24. The van der Waals surface area contributed by atoms with Crippen LogP contribution in [0.1, 0.15) is 17.2 Å². The van der Waals surface area contributed by atoms with Gasteiger partial charge in [-0.05, 0) is 36.2 Å². The Morgan fingerprint density at radius 2 is 1.91 bits per heavy atom. The van der Waals surface area contributed by atoms with Crippen LogP contribution in [0.15, 0.2) is 55.0 Å². The van der Waals surface area contributed by atoms with Gasteiger partial charge in [0.25, 0.3) is 0 Å². The van der Waals surface area contributed by atoms with Crippen molar-refractivity contribution in [1.29, 1.82) is 0 Å². The van der Waals surface area contributed by atoms with E-state index in [0.29, 0.717) is 5.82 Å². The van der Waals surface area contributed by atoms with E-state index < -0.39 is 0 Å². The average molecular weight is 297 g/mol. The minimum Gasteiger partial charge on any atom is -0.394 e. The van der Waals surface area contributed by atoms with Gasteiger partial charge in [0.1, 0.15) is 11.5 Å². The van der Waals surface area contributed by atoms with Crippen LogP contribution in [0.3, 0.4) is 0 Å². The molecule has 1 atom stereocenters. The Kier molecular flexibility index (Phi) is 3.98. The number of aliphatic hydroxyl groups excluding tert-OH is 1. The second-order valence-corrected chi connectivity index (χ2v) is 5.13. The molecule has 2 heterocycles. The van der Waals surface area contributed by atoms with Gasteiger partial charge < -0.3 is 9.67 Å². The van der Waals surface area contributed by atoms with E-state index in [-0.39, 0.29) is 18.5 Å². The summed E-state index contributed by atoms with van der Waals surface area (Å²) < 4.78 is 14.9. The normalized spacial score (nSPS) is 12.3. The number of nitrogens with zero attached hydrogens (tertiary/aromatic N) is 3. The Labute approximate surface area is 127 Å². The molecule has 4 nitrogen and oxygen atoms in total. The molecule has 3 aromatic rings. The summed E-state index contributed by atoms with van der Waals surface area (Å²) in [5, 5.41) is 9.77. The molecule has 0 amide bonds. The Hall–Kier alpha value is -2.53. The van der Waals surface area contributed by atoms with Crippen molar-refractivity contribution >= 4 is 0 Å². The van der Waals surface area contributed by atoms with Crippen LogP contribution in [0.4, 0.5) is 4.39 Å². The molecule has 112 valence electrons. The first-order valence-corrected chi connectivity index (χ1v) is 7.01. The van der Waals surface area contributed by atoms with Crippen molar-refractivity contribution in [1.82, 2.24) is 14.5 Å². The summed E-state index contributed by atoms with van der Waals surface area (Å²) in [7, 11) is 0. The molecule has 0 spiro atoms. The molecule has 1 unspecified atom stereocenters. The topological polar surface area (TPSA) is 50.9 Å². The molecule has 3 rings (SSSR count). The number of aromatic nitrogens is 3. The van der Waals surface area contributed by atoms with E-state index in [9.17, 15) is 9.50 Å². The first-order valence-electron chi connectivity index (χ1n) is 7.01. The maximum absolute atomic E-state index is 13.1. The largest absolute Gasteiger partial charge is 0.394 e. The van der Waals surface area contributed by atoms with Crippen molar-refractivity contribution in [3.8, 4) is 11.5 Å². The number of hydrogen-bond donors (Lipinski definition) is 1. The van der Waals surface area contributed by atoms with Crippen LogP contribution < -0.4 is 0 Å². The lowest BCUT2D eigenvalue weighted by Gasteiger charge is -2.19. The zero-order valence-electron chi connectivity index (χ0n) is 12.1. The molecule has 0 aliphatic carbocycles. The summed E-state index contributed by atoms with van der Waals surface area (Å²) in [5.41, 5.74) is 2.62. The van der Waals surface area contributed by atoms with E-state index >= 15 is 0 Å². The highest BCUT2D eigenvalue weighted by Crippen LogP contribution is 2.24. The van der Waals surface area contributed by atoms with Crippen molar-refractivity contribution < 1.29 is 9.50 Å². The maximum Gasteiger partial charge on any atom is 0.159 e. The number of aliphatic hydroxyl groups is 1. The summed E-state index contributed by atoms with van der Waals surface area (Å²) in [5.74, 6) is 0.370. The highest BCUT2D eigenvalue weighted by molar-refractivity contribution is 5.50. The number of benzene rings is 1. The first-order chi connectivity index (χ1) is 10.7. The number of pyridine rings is 1. The molecular formula is C17H16FN3O. The van der Waals surface area contributed by atoms with Gasteiger partial charge in [-0.1, -0.05) is 18.2 Å². The second-order valence-electron chi connectivity index (χ2n) is 5.13. The molecule has 0 aliphatic heterocycles. The van der Waals surface area contributed by atoms with Gasteiger partial charge in [0.15, 0.2) is 5.82 Å². The van der Waals surface area contributed by atoms with Gasteiger partial charge in [-0.3, -0.25) is 4.98 Å². The SMILES string of the molecule is Cc1ccc(-c2nccn2C(CO)c2ccc(F)cc2)nc1. The van der Waals surface area contributed by atoms with Gasteiger partial charge in [-0.25, -0.2) is 9.37 Å². The predicted octanol–water partition coefficient (Wildman–Crippen LogP) is 2.97. The molecule has 0 saturated heterocycles. The van der Waals surface area contributed by atoms with Crippen LogP contribution in [0.2, 0.25) is 0 Å². The molecule has 0 bridgehead atoms. The third kappa shape index (κ3) is 2.76. The van der Waals surface area contributed by atoms with Crippen molar-refractivity contribution in [3.05, 3.63) is 71.9 Å². The van der Waals surface area contributed by atoms with Crippen molar-refractivity contribution in [2.75, 3.05) is 6.61 Å². The standard InChI is InChI=1S/C17H16FN3O/c1-12-2-7-15(20-10-12)17-19-8-9-21(17)16(11-22)13-3-5-14(18)6-4-13/h2-10,16,22H,11H2,1H3. The molecule has 22 heavy (non-hydrogen) atoms. The third-order valence-electron chi connectivity index (χ3n) is 3.57. The van der Waals surface area contributed by atoms with Gasteiger partial charge in [0, 0.05) is 18.6 Å². The van der Waals surface area contributed by atoms with E-state index in [1.165, 1.54) is 12.1 Å². The number of hydrogen-bond acceptors (Lipinski definition) is 3. The molecule has 0 radical (unpaired) electrons. The number of rotatable bonds is 4. The van der Waals surface area contributed by atoms with Crippen LogP contribution in [-0.2, 0) is 0 Å². The van der Waals surface area contributed by atoms with E-state index in [2.05, 4.69) is 9.97 Å². The average Bonchev–Trinajstić information content (AvgIpc) is 3.00. The zero-order chi connectivity index (χ0) is 15.5. The molecule has 5 heteroatoms. The summed E-state index contributed by atoms with van der Waals surface area (Å²) in [4.78, 5) is 8.72. The monoisotopic (exact) mass is 297 g/mol. The van der Waals surface area contributed by atoms with E-state index in [1.807, 2.05) is 23.6 Å². The first kappa shape index (κ1) is 14.4. The Morgan fingerprint density at radius 1 is 1.14 bits per heavy atom. The lowest BCUT2D eigenvalue weighted by atomic mass is 10.1. The Bertz CT molecular complexity index is 750. The van der Waals surface area contributed by atoms with Crippen LogP contribution >= 0.6 is 0 Å². The molecule has 1 N–H and O–H groups in total. The molecule has 0 saturated carbocycles. The van der Waals surface area contributed by atoms with Gasteiger partial charge >= 0.3 is 0 Å². The lowest BCUT2D eigenvalue weighted by molar-refractivity contribution is 0.250. The lowest BCUT2D eigenvalue weighted by Crippen LogP contribution is -2.15. The molecule has 1 aromatic carbocycles. The third-order valence-corrected chi connectivity index (χ3v) is 3.57. The minimum absolute atomic E-state index is 0.110. The molecule has 2 aromatic heterocycles. The second kappa shape index (κ2) is 6.07. The number of halogens is 1. The van der Waals surface area contributed by atoms with Crippen LogP contribution in [-0.4, -0.2) is 26.2 Å². The van der Waals surface area contributed by atoms with E-state index in [4.69, 9.17) is 0 Å². The van der Waals surface area contributed by atoms with E-state index in [0.717, 1.165) is 16.8 Å². The van der Waals surface area contributed by atoms with Crippen LogP contribution in [0.25, 0.3) is 11.5 Å². The Morgan fingerprint density at radius 3 is 2.55 bits per heavy atom. The minimum atomic E-state index is -0.332. The fourth-order valence-corrected chi connectivity index (χ4v) is 2.40. The molecule has 0 fully saturated rings. The number of imidazole rings is 1.